The van der Waals surface area contributed by atoms with Gasteiger partial charge in [0.1, 0.15) is 0 Å². The summed E-state index contributed by atoms with van der Waals surface area (Å²) >= 11 is 6.02. The maximum atomic E-state index is 12.9. The van der Waals surface area contributed by atoms with Gasteiger partial charge < -0.3 is 5.32 Å². The molecule has 0 saturated heterocycles. The zero-order chi connectivity index (χ0) is 16.3. The van der Waals surface area contributed by atoms with Crippen molar-refractivity contribution in [2.75, 3.05) is 0 Å². The minimum atomic E-state index is -4.58. The van der Waals surface area contributed by atoms with Crippen molar-refractivity contribution >= 4 is 17.5 Å². The van der Waals surface area contributed by atoms with Crippen molar-refractivity contribution in [1.29, 1.82) is 0 Å². The number of alkyl halides is 3. The molecule has 0 aliphatic heterocycles. The molecule has 6 heteroatoms. The van der Waals surface area contributed by atoms with Gasteiger partial charge in [0.2, 0.25) is 0 Å². The van der Waals surface area contributed by atoms with Gasteiger partial charge in [0, 0.05) is 5.02 Å². The fraction of sp³-hybridized carbons (Fsp3) is 0.188. The predicted molar refractivity (Wildman–Crippen MR) is 78.8 cm³/mol. The SMILES string of the molecule is CC(NC(=O)c1ccccc1C(F)(F)F)c1ccccc1Cl. The van der Waals surface area contributed by atoms with E-state index >= 15 is 0 Å². The Morgan fingerprint density at radius 2 is 1.68 bits per heavy atom. The third kappa shape index (κ3) is 3.60. The van der Waals surface area contributed by atoms with E-state index in [0.29, 0.717) is 10.6 Å². The van der Waals surface area contributed by atoms with Gasteiger partial charge in [-0.05, 0) is 30.7 Å². The predicted octanol–water partition coefficient (Wildman–Crippen LogP) is 4.85. The first-order valence-electron chi connectivity index (χ1n) is 6.52. The van der Waals surface area contributed by atoms with E-state index in [2.05, 4.69) is 5.32 Å². The quantitative estimate of drug-likeness (QED) is 0.858. The second-order valence-corrected chi connectivity index (χ2v) is 5.17. The van der Waals surface area contributed by atoms with E-state index in [1.54, 1.807) is 31.2 Å². The average Bonchev–Trinajstić information content (AvgIpc) is 2.46. The van der Waals surface area contributed by atoms with Crippen LogP contribution in [0.1, 0.15) is 34.5 Å². The number of hydrogen-bond acceptors (Lipinski definition) is 1. The van der Waals surface area contributed by atoms with E-state index in [9.17, 15) is 18.0 Å². The van der Waals surface area contributed by atoms with Crippen molar-refractivity contribution in [3.63, 3.8) is 0 Å². The Morgan fingerprint density at radius 3 is 2.32 bits per heavy atom. The Labute approximate surface area is 130 Å². The third-order valence-corrected chi connectivity index (χ3v) is 3.54. The van der Waals surface area contributed by atoms with Gasteiger partial charge in [0.25, 0.3) is 5.91 Å². The normalized spacial score (nSPS) is 12.8. The van der Waals surface area contributed by atoms with Crippen LogP contribution in [0.5, 0.6) is 0 Å². The summed E-state index contributed by atoms with van der Waals surface area (Å²) in [4.78, 5) is 12.2. The summed E-state index contributed by atoms with van der Waals surface area (Å²) in [6, 6.07) is 11.0. The first-order chi connectivity index (χ1) is 10.3. The van der Waals surface area contributed by atoms with E-state index in [1.807, 2.05) is 0 Å². The Kier molecular flexibility index (Phi) is 4.76. The summed E-state index contributed by atoms with van der Waals surface area (Å²) in [6.45, 7) is 1.66. The summed E-state index contributed by atoms with van der Waals surface area (Å²) in [5.74, 6) is -0.791. The molecule has 0 bridgehead atoms. The Bertz CT molecular complexity index is 685. The van der Waals surface area contributed by atoms with Crippen LogP contribution >= 0.6 is 11.6 Å². The summed E-state index contributed by atoms with van der Waals surface area (Å²) in [5, 5.41) is 2.99. The summed E-state index contributed by atoms with van der Waals surface area (Å²) in [6.07, 6.45) is -4.58. The monoisotopic (exact) mass is 327 g/mol. The molecule has 2 aromatic rings. The van der Waals surface area contributed by atoms with Crippen molar-refractivity contribution in [2.45, 2.75) is 19.1 Å². The van der Waals surface area contributed by atoms with E-state index < -0.39 is 29.3 Å². The molecule has 2 nitrogen and oxygen atoms in total. The highest BCUT2D eigenvalue weighted by molar-refractivity contribution is 6.31. The van der Waals surface area contributed by atoms with Crippen molar-refractivity contribution < 1.29 is 18.0 Å². The lowest BCUT2D eigenvalue weighted by molar-refractivity contribution is -0.137. The fourth-order valence-electron chi connectivity index (χ4n) is 2.11. The summed E-state index contributed by atoms with van der Waals surface area (Å²) < 4.78 is 38.8. The Balaban J connectivity index is 2.25. The Hall–Kier alpha value is -2.01. The highest BCUT2D eigenvalue weighted by Gasteiger charge is 2.35. The standard InChI is InChI=1S/C16H13ClF3NO/c1-10(11-6-3-5-9-14(11)17)21-15(22)12-7-2-4-8-13(12)16(18,19)20/h2-10H,1H3,(H,21,22). The van der Waals surface area contributed by atoms with Crippen LogP contribution < -0.4 is 5.32 Å². The number of hydrogen-bond donors (Lipinski definition) is 1. The van der Waals surface area contributed by atoms with Gasteiger partial charge in [-0.15, -0.1) is 0 Å². The van der Waals surface area contributed by atoms with Gasteiger partial charge in [-0.2, -0.15) is 13.2 Å². The number of rotatable bonds is 3. The van der Waals surface area contributed by atoms with E-state index in [0.717, 1.165) is 12.1 Å². The first kappa shape index (κ1) is 16.4. The summed E-state index contributed by atoms with van der Waals surface area (Å²) in [5.41, 5.74) is -0.727. The zero-order valence-electron chi connectivity index (χ0n) is 11.6. The highest BCUT2D eigenvalue weighted by atomic mass is 35.5. The first-order valence-corrected chi connectivity index (χ1v) is 6.90. The Morgan fingerprint density at radius 1 is 1.09 bits per heavy atom. The lowest BCUT2D eigenvalue weighted by Gasteiger charge is -2.18. The largest absolute Gasteiger partial charge is 0.417 e. The average molecular weight is 328 g/mol. The smallest absolute Gasteiger partial charge is 0.345 e. The maximum absolute atomic E-state index is 12.9. The highest BCUT2D eigenvalue weighted by Crippen LogP contribution is 2.32. The minimum absolute atomic E-state index is 0.408. The molecule has 1 unspecified atom stereocenters. The molecule has 2 rings (SSSR count). The van der Waals surface area contributed by atoms with Crippen molar-refractivity contribution in [2.24, 2.45) is 0 Å². The van der Waals surface area contributed by atoms with Crippen LogP contribution in [0.15, 0.2) is 48.5 Å². The lowest BCUT2D eigenvalue weighted by atomic mass is 10.0. The number of carbonyl (C=O) groups is 1. The molecule has 1 amide bonds. The molecule has 2 aromatic carbocycles. The number of nitrogens with one attached hydrogen (secondary N) is 1. The molecule has 0 aromatic heterocycles. The van der Waals surface area contributed by atoms with Crippen LogP contribution in [0.25, 0.3) is 0 Å². The van der Waals surface area contributed by atoms with Crippen molar-refractivity contribution in [3.05, 3.63) is 70.2 Å². The molecule has 1 N–H and O–H groups in total. The van der Waals surface area contributed by atoms with Gasteiger partial charge in [-0.3, -0.25) is 4.79 Å². The molecule has 22 heavy (non-hydrogen) atoms. The van der Waals surface area contributed by atoms with Gasteiger partial charge in [0.05, 0.1) is 17.2 Å². The number of carbonyl (C=O) groups excluding carboxylic acids is 1. The maximum Gasteiger partial charge on any atom is 0.417 e. The van der Waals surface area contributed by atoms with Crippen LogP contribution in [0.4, 0.5) is 13.2 Å². The number of halogens is 4. The minimum Gasteiger partial charge on any atom is -0.345 e. The molecule has 0 fully saturated rings. The number of amides is 1. The molecule has 0 saturated carbocycles. The zero-order valence-corrected chi connectivity index (χ0v) is 12.4. The molecule has 0 radical (unpaired) electrons. The second-order valence-electron chi connectivity index (χ2n) is 4.76. The van der Waals surface area contributed by atoms with Gasteiger partial charge in [0.15, 0.2) is 0 Å². The summed E-state index contributed by atoms with van der Waals surface area (Å²) in [7, 11) is 0. The molecule has 0 spiro atoms. The molecule has 0 heterocycles. The molecule has 0 aliphatic carbocycles. The van der Waals surface area contributed by atoms with Gasteiger partial charge in [-0.25, -0.2) is 0 Å². The van der Waals surface area contributed by atoms with Crippen LogP contribution in [-0.4, -0.2) is 5.91 Å². The molecular weight excluding hydrogens is 315 g/mol. The molecule has 0 aliphatic rings. The molecular formula is C16H13ClF3NO. The molecule has 116 valence electrons. The van der Waals surface area contributed by atoms with E-state index in [-0.39, 0.29) is 0 Å². The van der Waals surface area contributed by atoms with Crippen LogP contribution in [0.3, 0.4) is 0 Å². The van der Waals surface area contributed by atoms with Crippen molar-refractivity contribution in [3.8, 4) is 0 Å². The topological polar surface area (TPSA) is 29.1 Å². The second kappa shape index (κ2) is 6.40. The number of benzene rings is 2. The van der Waals surface area contributed by atoms with Crippen LogP contribution in [0.2, 0.25) is 5.02 Å². The van der Waals surface area contributed by atoms with Gasteiger partial charge >= 0.3 is 6.18 Å². The van der Waals surface area contributed by atoms with Crippen molar-refractivity contribution in [1.82, 2.24) is 5.32 Å². The van der Waals surface area contributed by atoms with E-state index in [1.165, 1.54) is 12.1 Å². The van der Waals surface area contributed by atoms with Crippen LogP contribution in [0, 0.1) is 0 Å². The fourth-order valence-corrected chi connectivity index (χ4v) is 2.41. The third-order valence-electron chi connectivity index (χ3n) is 3.20. The lowest BCUT2D eigenvalue weighted by Crippen LogP contribution is -2.29. The molecule has 1 atom stereocenters. The van der Waals surface area contributed by atoms with Gasteiger partial charge in [-0.1, -0.05) is 41.9 Å². The van der Waals surface area contributed by atoms with E-state index in [4.69, 9.17) is 11.6 Å². The van der Waals surface area contributed by atoms with Crippen LogP contribution in [-0.2, 0) is 6.18 Å².